The van der Waals surface area contributed by atoms with Gasteiger partial charge in [0.15, 0.2) is 0 Å². The highest BCUT2D eigenvalue weighted by atomic mass is 19.4. The maximum atomic E-state index is 11.3. The van der Waals surface area contributed by atoms with Gasteiger partial charge >= 0.3 is 6.18 Å². The highest BCUT2D eigenvalue weighted by Crippen LogP contribution is 2.34. The molecular weight excluding hydrogens is 1200 g/mol. The Hall–Kier alpha value is -0.570. The Morgan fingerprint density at radius 3 is 0.854 bits per heavy atom. The Labute approximate surface area is 601 Å². The first-order chi connectivity index (χ1) is 44.1. The van der Waals surface area contributed by atoms with Gasteiger partial charge in [-0.2, -0.15) is 13.2 Å². The van der Waals surface area contributed by atoms with Crippen LogP contribution >= 0.6 is 0 Å². The van der Waals surface area contributed by atoms with Gasteiger partial charge in [0.2, 0.25) is 0 Å². The fourth-order valence-electron chi connectivity index (χ4n) is 12.6. The smallest absolute Gasteiger partial charge is 0.390 e. The maximum Gasteiger partial charge on any atom is 0.411 e. The van der Waals surface area contributed by atoms with E-state index in [1.165, 1.54) is 181 Å². The molecular formula is C84H178F3N3O6. The van der Waals surface area contributed by atoms with Gasteiger partial charge in [-0.25, -0.2) is 0 Å². The summed E-state index contributed by atoms with van der Waals surface area (Å²) >= 11 is 0. The Morgan fingerprint density at radius 1 is 0.406 bits per heavy atom. The third-order valence-electron chi connectivity index (χ3n) is 19.2. The molecule has 0 spiro atoms. The summed E-state index contributed by atoms with van der Waals surface area (Å²) in [5.74, 6) is 6.76. The van der Waals surface area contributed by atoms with Crippen molar-refractivity contribution in [2.24, 2.45) is 47.3 Å². The van der Waals surface area contributed by atoms with Crippen LogP contribution in [-0.4, -0.2) is 152 Å². The minimum Gasteiger partial charge on any atom is -0.390 e. The number of hydrogen-bond acceptors (Lipinski definition) is 9. The molecule has 3 aliphatic carbocycles. The van der Waals surface area contributed by atoms with Crippen molar-refractivity contribution in [2.75, 3.05) is 66.7 Å². The van der Waals surface area contributed by atoms with Crippen LogP contribution in [0, 0.1) is 47.3 Å². The summed E-state index contributed by atoms with van der Waals surface area (Å²) in [4.78, 5) is 7.65. The number of aliphatic hydroxyl groups is 1. The number of piperidine rings is 2. The van der Waals surface area contributed by atoms with E-state index in [-0.39, 0.29) is 34.6 Å². The molecule has 0 aromatic carbocycles. The molecule has 0 unspecified atom stereocenters. The van der Waals surface area contributed by atoms with Gasteiger partial charge in [-0.15, -0.1) is 0 Å². The van der Waals surface area contributed by atoms with E-state index in [0.29, 0.717) is 24.5 Å². The van der Waals surface area contributed by atoms with Gasteiger partial charge in [0.1, 0.15) is 6.61 Å². The van der Waals surface area contributed by atoms with E-state index in [9.17, 15) is 18.3 Å². The second-order valence-electron chi connectivity index (χ2n) is 34.9. The average molecular weight is 1380 g/mol. The van der Waals surface area contributed by atoms with Crippen LogP contribution in [0.2, 0.25) is 0 Å². The zero-order chi connectivity index (χ0) is 75.5. The lowest BCUT2D eigenvalue weighted by Gasteiger charge is -2.35. The number of methoxy groups -OCH3 is 2. The highest BCUT2D eigenvalue weighted by molar-refractivity contribution is 4.85. The van der Waals surface area contributed by atoms with Crippen LogP contribution in [0.25, 0.3) is 0 Å². The van der Waals surface area contributed by atoms with Crippen LogP contribution in [0.4, 0.5) is 13.2 Å². The minimum absolute atomic E-state index is 0.0220. The fourth-order valence-corrected chi connectivity index (χ4v) is 12.6. The Morgan fingerprint density at radius 2 is 0.708 bits per heavy atom. The topological polar surface area (TPSA) is 76.1 Å². The Bertz CT molecular complexity index is 1510. The average Bonchev–Trinajstić information content (AvgIpc) is 1.17. The standard InChI is InChI=1S/C9H18O.2C9H18.2C8H17N.C8H18O2.C7H15N.2C7H16O.C7H16.C5H9F3O/c1-8(2)9(10)6-4-3-5-7-9;4*1-8(2)9-6-4-3-5-7-9;1-7(2)10-8(3,4)6-9-5;1-7(2)8-5-3-4-6-8;1-6(2)7(3,4)8-5;1-6(2)8-7(3,4)5;1-6(2)5-7(3)4;1-4(2)9-3-5(6,7)8/h8,10H,3-7H2,1-2H3;2*8-9H,3-7H2,1-2H3;2*8H,3-7H2,1-2H3;7H,6H2,1-5H3;7H,3-6H2,1-2H3;2*6H,1-5H3;6-7H,5H2,1-4H3;4H,3H2,1-2H3. The third kappa shape index (κ3) is 69.2. The van der Waals surface area contributed by atoms with Gasteiger partial charge in [0.25, 0.3) is 0 Å². The molecule has 6 aliphatic rings. The summed E-state index contributed by atoms with van der Waals surface area (Å²) in [7, 11) is 3.44. The molecule has 6 fully saturated rings. The van der Waals surface area contributed by atoms with Gasteiger partial charge < -0.3 is 43.5 Å². The number of nitrogens with zero attached hydrogens (tertiary/aromatic N) is 3. The first-order valence-corrected chi connectivity index (χ1v) is 40.1. The molecule has 6 rings (SSSR count). The van der Waals surface area contributed by atoms with Crippen LogP contribution in [0.3, 0.4) is 0 Å². The molecule has 0 aromatic heterocycles. The lowest BCUT2D eigenvalue weighted by atomic mass is 9.77. The van der Waals surface area contributed by atoms with Crippen LogP contribution in [-0.2, 0) is 23.7 Å². The van der Waals surface area contributed by atoms with Gasteiger partial charge in [0.05, 0.1) is 47.3 Å². The third-order valence-corrected chi connectivity index (χ3v) is 19.2. The van der Waals surface area contributed by atoms with Crippen LogP contribution in [0.1, 0.15) is 369 Å². The lowest BCUT2D eigenvalue weighted by Crippen LogP contribution is -2.36. The first kappa shape index (κ1) is 104. The molecule has 0 bridgehead atoms. The molecule has 3 heterocycles. The molecule has 586 valence electrons. The van der Waals surface area contributed by atoms with E-state index in [1.807, 2.05) is 41.5 Å². The maximum absolute atomic E-state index is 11.3. The molecule has 9 nitrogen and oxygen atoms in total. The van der Waals surface area contributed by atoms with E-state index in [1.54, 1.807) is 28.1 Å². The van der Waals surface area contributed by atoms with Crippen molar-refractivity contribution in [3.8, 4) is 0 Å². The van der Waals surface area contributed by atoms with Crippen molar-refractivity contribution in [1.82, 2.24) is 14.7 Å². The summed E-state index contributed by atoms with van der Waals surface area (Å²) in [6.45, 7) is 73.9. The number of likely N-dealkylation sites (tertiary alicyclic amines) is 3. The van der Waals surface area contributed by atoms with Crippen LogP contribution in [0.15, 0.2) is 0 Å². The number of rotatable bonds is 17. The van der Waals surface area contributed by atoms with Gasteiger partial charge in [-0.3, -0.25) is 0 Å². The summed E-state index contributed by atoms with van der Waals surface area (Å²) in [6.07, 6.45) is 29.5. The summed E-state index contributed by atoms with van der Waals surface area (Å²) < 4.78 is 59.3. The molecule has 0 atom stereocenters. The Kier molecular flexibility index (Phi) is 64.8. The first-order valence-electron chi connectivity index (χ1n) is 40.1. The predicted molar refractivity (Wildman–Crippen MR) is 418 cm³/mol. The molecule has 1 N–H and O–H groups in total. The minimum atomic E-state index is -4.19. The molecule has 0 aromatic rings. The van der Waals surface area contributed by atoms with Crippen molar-refractivity contribution in [1.29, 1.82) is 0 Å². The second-order valence-corrected chi connectivity index (χ2v) is 34.9. The zero-order valence-electron chi connectivity index (χ0n) is 71.2. The van der Waals surface area contributed by atoms with Gasteiger partial charge in [0, 0.05) is 32.3 Å². The molecule has 3 aliphatic heterocycles. The molecule has 12 heteroatoms. The molecule has 3 saturated carbocycles. The van der Waals surface area contributed by atoms with Crippen molar-refractivity contribution in [2.45, 2.75) is 434 Å². The van der Waals surface area contributed by atoms with Crippen molar-refractivity contribution in [3.05, 3.63) is 0 Å². The second kappa shape index (κ2) is 59.8. The summed E-state index contributed by atoms with van der Waals surface area (Å²) in [5.41, 5.74) is -0.407. The summed E-state index contributed by atoms with van der Waals surface area (Å²) in [5, 5.41) is 9.95. The Balaban J connectivity index is -0.000000317. The summed E-state index contributed by atoms with van der Waals surface area (Å²) in [6, 6.07) is 2.31. The zero-order valence-corrected chi connectivity index (χ0v) is 71.2. The SMILES string of the molecule is CC(C)C1(O)CCCCC1.CC(C)C1CCCCC1.CC(C)C1CCCCC1.CC(C)CC(C)C.CC(C)N1CCCC1.CC(C)N1CCCCC1.CC(C)N1CCCCC1.CC(C)OC(C)(C)C.CC(C)OCC(F)(F)F.COC(C)(C)C(C)C.COCC(C)(C)OC(C)C. The van der Waals surface area contributed by atoms with E-state index < -0.39 is 12.8 Å². The van der Waals surface area contributed by atoms with Gasteiger partial charge in [-0.05, 0) is 276 Å². The van der Waals surface area contributed by atoms with Crippen molar-refractivity contribution >= 4 is 0 Å². The monoisotopic (exact) mass is 1380 g/mol. The highest BCUT2D eigenvalue weighted by Gasteiger charge is 2.32. The molecule has 0 radical (unpaired) electrons. The van der Waals surface area contributed by atoms with Crippen LogP contribution < -0.4 is 0 Å². The number of ether oxygens (including phenoxy) is 5. The van der Waals surface area contributed by atoms with E-state index in [2.05, 4.69) is 179 Å². The van der Waals surface area contributed by atoms with E-state index in [0.717, 1.165) is 66.5 Å². The van der Waals surface area contributed by atoms with Crippen molar-refractivity contribution in [3.63, 3.8) is 0 Å². The lowest BCUT2D eigenvalue weighted by molar-refractivity contribution is -0.181. The quantitative estimate of drug-likeness (QED) is 0.153. The van der Waals surface area contributed by atoms with E-state index >= 15 is 0 Å². The van der Waals surface area contributed by atoms with E-state index in [4.69, 9.17) is 18.9 Å². The van der Waals surface area contributed by atoms with Crippen molar-refractivity contribution < 1.29 is 42.0 Å². The fraction of sp³-hybridized carbons (Fsp3) is 1.00. The van der Waals surface area contributed by atoms with Crippen LogP contribution in [0.5, 0.6) is 0 Å². The normalized spacial score (nSPS) is 18.6. The number of halogens is 3. The number of hydrogen-bond donors (Lipinski definition) is 1. The predicted octanol–water partition coefficient (Wildman–Crippen LogP) is 24.8. The molecule has 3 saturated heterocycles. The molecule has 96 heavy (non-hydrogen) atoms. The number of alkyl halides is 3. The largest absolute Gasteiger partial charge is 0.411 e. The molecule has 0 amide bonds. The van der Waals surface area contributed by atoms with Gasteiger partial charge in [-0.1, -0.05) is 179 Å².